The number of carbonyl (C=O) groups excluding carboxylic acids is 1. The van der Waals surface area contributed by atoms with Crippen LogP contribution in [0, 0.1) is 5.92 Å². The second kappa shape index (κ2) is 7.13. The van der Waals surface area contributed by atoms with Crippen molar-refractivity contribution in [1.82, 2.24) is 18.9 Å². The minimum Gasteiger partial charge on any atom is -0.385 e. The zero-order chi connectivity index (χ0) is 18.1. The van der Waals surface area contributed by atoms with E-state index in [-0.39, 0.29) is 5.91 Å². The van der Waals surface area contributed by atoms with E-state index < -0.39 is 0 Å². The molecule has 1 unspecified atom stereocenters. The van der Waals surface area contributed by atoms with Crippen molar-refractivity contribution in [2.24, 2.45) is 5.92 Å². The molecule has 136 valence electrons. The number of nitrogens with zero attached hydrogens (tertiary/aromatic N) is 4. The number of halogens is 1. The first-order chi connectivity index (χ1) is 12.6. The van der Waals surface area contributed by atoms with Gasteiger partial charge in [-0.05, 0) is 36.6 Å². The summed E-state index contributed by atoms with van der Waals surface area (Å²) in [5.74, 6) is 0.293. The van der Waals surface area contributed by atoms with E-state index in [0.29, 0.717) is 42.0 Å². The number of pyridine rings is 1. The standard InChI is InChI=1S/C19H21ClN4O2/c1-26-8-6-14-9-22-7-2-3-16(22)12-24(10-14)19(25)17-13-23-11-15(20)4-5-18(23)21-17/h2-5,7,11,13-14H,6,8-10,12H2,1H3. The fourth-order valence-electron chi connectivity index (χ4n) is 3.53. The second-order valence-electron chi connectivity index (χ2n) is 6.72. The minimum absolute atomic E-state index is 0.0538. The Morgan fingerprint density at radius 1 is 1.31 bits per heavy atom. The molecule has 0 saturated heterocycles. The van der Waals surface area contributed by atoms with E-state index in [1.54, 1.807) is 30.0 Å². The largest absolute Gasteiger partial charge is 0.385 e. The van der Waals surface area contributed by atoms with Crippen molar-refractivity contribution < 1.29 is 9.53 Å². The average molecular weight is 373 g/mol. The van der Waals surface area contributed by atoms with Crippen molar-refractivity contribution in [3.8, 4) is 0 Å². The highest BCUT2D eigenvalue weighted by atomic mass is 35.5. The summed E-state index contributed by atoms with van der Waals surface area (Å²) in [6.07, 6.45) is 6.50. The molecule has 0 aromatic carbocycles. The number of aromatic nitrogens is 3. The van der Waals surface area contributed by atoms with Gasteiger partial charge in [0.05, 0.1) is 11.6 Å². The zero-order valence-corrected chi connectivity index (χ0v) is 15.4. The molecule has 1 atom stereocenters. The predicted octanol–water partition coefficient (Wildman–Crippen LogP) is 3.10. The molecule has 0 fully saturated rings. The summed E-state index contributed by atoms with van der Waals surface area (Å²) in [6, 6.07) is 7.69. The number of ether oxygens (including phenoxy) is 1. The van der Waals surface area contributed by atoms with Crippen LogP contribution in [0.1, 0.15) is 22.6 Å². The molecule has 0 bridgehead atoms. The average Bonchev–Trinajstić information content (AvgIpc) is 3.20. The molecule has 0 aliphatic carbocycles. The summed E-state index contributed by atoms with van der Waals surface area (Å²) in [5, 5.41) is 0.612. The Hall–Kier alpha value is -2.31. The molecule has 0 saturated carbocycles. The van der Waals surface area contributed by atoms with Crippen LogP contribution >= 0.6 is 11.6 Å². The Labute approximate surface area is 156 Å². The molecule has 4 heterocycles. The van der Waals surface area contributed by atoms with E-state index in [2.05, 4.69) is 21.8 Å². The number of imidazole rings is 1. The van der Waals surface area contributed by atoms with Crippen LogP contribution in [0.4, 0.5) is 0 Å². The van der Waals surface area contributed by atoms with Crippen molar-refractivity contribution >= 4 is 23.2 Å². The quantitative estimate of drug-likeness (QED) is 0.707. The molecule has 4 rings (SSSR count). The topological polar surface area (TPSA) is 51.8 Å². The molecule has 0 radical (unpaired) electrons. The second-order valence-corrected chi connectivity index (χ2v) is 7.16. The van der Waals surface area contributed by atoms with E-state index >= 15 is 0 Å². The van der Waals surface area contributed by atoms with Crippen LogP contribution in [0.5, 0.6) is 0 Å². The summed E-state index contributed by atoms with van der Waals surface area (Å²) >= 11 is 6.03. The maximum Gasteiger partial charge on any atom is 0.274 e. The van der Waals surface area contributed by atoms with Crippen LogP contribution in [0.2, 0.25) is 5.02 Å². The molecule has 7 heteroatoms. The Morgan fingerprint density at radius 2 is 2.19 bits per heavy atom. The van der Waals surface area contributed by atoms with Crippen molar-refractivity contribution in [3.05, 3.63) is 59.3 Å². The third-order valence-corrected chi connectivity index (χ3v) is 5.08. The Kier molecular flexibility index (Phi) is 4.70. The van der Waals surface area contributed by atoms with Crippen LogP contribution in [0.15, 0.2) is 42.9 Å². The fourth-order valence-corrected chi connectivity index (χ4v) is 3.70. The van der Waals surface area contributed by atoms with Gasteiger partial charge in [-0.1, -0.05) is 11.6 Å². The van der Waals surface area contributed by atoms with Crippen LogP contribution in [-0.2, 0) is 17.8 Å². The van der Waals surface area contributed by atoms with Gasteiger partial charge < -0.3 is 18.6 Å². The lowest BCUT2D eigenvalue weighted by Crippen LogP contribution is -2.34. The zero-order valence-electron chi connectivity index (χ0n) is 14.6. The van der Waals surface area contributed by atoms with Gasteiger partial charge in [0.25, 0.3) is 5.91 Å². The number of hydrogen-bond acceptors (Lipinski definition) is 3. The van der Waals surface area contributed by atoms with Gasteiger partial charge in [0, 0.05) is 51.1 Å². The molecule has 1 amide bonds. The molecule has 1 aliphatic rings. The number of hydrogen-bond donors (Lipinski definition) is 0. The predicted molar refractivity (Wildman–Crippen MR) is 99.4 cm³/mol. The van der Waals surface area contributed by atoms with Crippen molar-refractivity contribution in [3.63, 3.8) is 0 Å². The van der Waals surface area contributed by atoms with Crippen LogP contribution in [0.25, 0.3) is 5.65 Å². The van der Waals surface area contributed by atoms with Gasteiger partial charge >= 0.3 is 0 Å². The van der Waals surface area contributed by atoms with E-state index in [9.17, 15) is 4.79 Å². The van der Waals surface area contributed by atoms with Crippen molar-refractivity contribution in [2.45, 2.75) is 19.5 Å². The first-order valence-corrected chi connectivity index (χ1v) is 9.08. The molecule has 26 heavy (non-hydrogen) atoms. The Bertz CT molecular complexity index is 933. The summed E-state index contributed by atoms with van der Waals surface area (Å²) < 4.78 is 9.27. The minimum atomic E-state index is -0.0538. The maximum absolute atomic E-state index is 13.1. The van der Waals surface area contributed by atoms with Gasteiger partial charge in [0.1, 0.15) is 11.3 Å². The highest BCUT2D eigenvalue weighted by Crippen LogP contribution is 2.21. The lowest BCUT2D eigenvalue weighted by Gasteiger charge is -2.23. The van der Waals surface area contributed by atoms with Crippen LogP contribution < -0.4 is 0 Å². The van der Waals surface area contributed by atoms with Crippen molar-refractivity contribution in [1.29, 1.82) is 0 Å². The molecular weight excluding hydrogens is 352 g/mol. The first kappa shape index (κ1) is 17.1. The van der Waals surface area contributed by atoms with E-state index in [1.165, 1.54) is 0 Å². The Balaban J connectivity index is 1.62. The molecule has 6 nitrogen and oxygen atoms in total. The van der Waals surface area contributed by atoms with Gasteiger partial charge in [-0.25, -0.2) is 4.98 Å². The monoisotopic (exact) mass is 372 g/mol. The van der Waals surface area contributed by atoms with Gasteiger partial charge in [-0.15, -0.1) is 0 Å². The van der Waals surface area contributed by atoms with Crippen molar-refractivity contribution in [2.75, 3.05) is 20.3 Å². The summed E-state index contributed by atoms with van der Waals surface area (Å²) in [7, 11) is 1.71. The highest BCUT2D eigenvalue weighted by Gasteiger charge is 2.26. The Morgan fingerprint density at radius 3 is 3.04 bits per heavy atom. The maximum atomic E-state index is 13.1. The van der Waals surface area contributed by atoms with Crippen LogP contribution in [-0.4, -0.2) is 45.0 Å². The molecule has 3 aromatic rings. The third kappa shape index (κ3) is 3.34. The van der Waals surface area contributed by atoms with Gasteiger partial charge in [0.15, 0.2) is 0 Å². The van der Waals surface area contributed by atoms with E-state index in [1.807, 2.05) is 17.0 Å². The van der Waals surface area contributed by atoms with E-state index in [4.69, 9.17) is 16.3 Å². The molecule has 0 N–H and O–H groups in total. The molecule has 0 spiro atoms. The van der Waals surface area contributed by atoms with Crippen LogP contribution in [0.3, 0.4) is 0 Å². The van der Waals surface area contributed by atoms with Gasteiger partial charge in [-0.3, -0.25) is 4.79 Å². The lowest BCUT2D eigenvalue weighted by molar-refractivity contribution is 0.0700. The number of methoxy groups -OCH3 is 1. The van der Waals surface area contributed by atoms with Gasteiger partial charge in [0.2, 0.25) is 0 Å². The normalized spacial score (nSPS) is 17.3. The van der Waals surface area contributed by atoms with Gasteiger partial charge in [-0.2, -0.15) is 0 Å². The number of carbonyl (C=O) groups is 1. The smallest absolute Gasteiger partial charge is 0.274 e. The number of rotatable bonds is 4. The molecule has 1 aliphatic heterocycles. The molecule has 3 aromatic heterocycles. The number of amides is 1. The first-order valence-electron chi connectivity index (χ1n) is 8.70. The fraction of sp³-hybridized carbons (Fsp3) is 0.368. The number of fused-ring (bicyclic) bond motifs is 2. The lowest BCUT2D eigenvalue weighted by atomic mass is 10.1. The third-order valence-electron chi connectivity index (χ3n) is 4.86. The highest BCUT2D eigenvalue weighted by molar-refractivity contribution is 6.30. The summed E-state index contributed by atoms with van der Waals surface area (Å²) in [6.45, 7) is 2.87. The summed E-state index contributed by atoms with van der Waals surface area (Å²) in [5.41, 5.74) is 2.30. The SMILES string of the molecule is COCCC1CN(C(=O)c2cn3cc(Cl)ccc3n2)Cc2cccn2C1. The summed E-state index contributed by atoms with van der Waals surface area (Å²) in [4.78, 5) is 19.5. The van der Waals surface area contributed by atoms with E-state index in [0.717, 1.165) is 18.7 Å². The molecular formula is C19H21ClN4O2.